The molecule has 2 aromatic rings. The van der Waals surface area contributed by atoms with Crippen molar-refractivity contribution in [1.82, 2.24) is 4.72 Å². The first kappa shape index (κ1) is 21.1. The van der Waals surface area contributed by atoms with Crippen LogP contribution in [0.1, 0.15) is 31.4 Å². The van der Waals surface area contributed by atoms with Gasteiger partial charge in [-0.2, -0.15) is 4.72 Å². The van der Waals surface area contributed by atoms with Gasteiger partial charge in [-0.15, -0.1) is 0 Å². The van der Waals surface area contributed by atoms with Crippen LogP contribution in [0.25, 0.3) is 0 Å². The van der Waals surface area contributed by atoms with Gasteiger partial charge >= 0.3 is 0 Å². The van der Waals surface area contributed by atoms with Gasteiger partial charge in [-0.3, -0.25) is 4.79 Å². The number of aryl methyl sites for hydroxylation is 1. The summed E-state index contributed by atoms with van der Waals surface area (Å²) in [6.07, 6.45) is 0.594. The number of anilines is 1. The van der Waals surface area contributed by atoms with Gasteiger partial charge in [-0.25, -0.2) is 12.8 Å². The Morgan fingerprint density at radius 1 is 1.11 bits per heavy atom. The highest BCUT2D eigenvalue weighted by Gasteiger charge is 2.30. The standard InChI is InChI=1S/C20H25FN2O3S/c1-5-14(3)19(20(24)22-18-8-6-7-17(21)15(18)4)23-27(25,26)16-11-9-13(2)10-12-16/h6-12,14,19,23H,5H2,1-4H3,(H,22,24)/t14-,19+/m0/s1. The number of carbonyl (C=O) groups is 1. The van der Waals surface area contributed by atoms with Crippen LogP contribution in [-0.2, 0) is 14.8 Å². The SMILES string of the molecule is CC[C@H](C)[C@@H](NS(=O)(=O)c1ccc(C)cc1)C(=O)Nc1cccc(F)c1C. The minimum atomic E-state index is -3.87. The van der Waals surface area contributed by atoms with Crippen LogP contribution in [0, 0.1) is 25.6 Å². The molecule has 0 heterocycles. The third-order valence-electron chi connectivity index (χ3n) is 4.63. The van der Waals surface area contributed by atoms with E-state index in [1.807, 2.05) is 13.8 Å². The normalized spacial score (nSPS) is 13.8. The summed E-state index contributed by atoms with van der Waals surface area (Å²) in [4.78, 5) is 12.9. The predicted molar refractivity (Wildman–Crippen MR) is 105 cm³/mol. The molecule has 0 aromatic heterocycles. The summed E-state index contributed by atoms with van der Waals surface area (Å²) in [5.41, 5.74) is 1.56. The van der Waals surface area contributed by atoms with Crippen molar-refractivity contribution in [2.75, 3.05) is 5.32 Å². The quantitative estimate of drug-likeness (QED) is 0.753. The van der Waals surface area contributed by atoms with Crippen molar-refractivity contribution in [3.8, 4) is 0 Å². The molecule has 5 nitrogen and oxygen atoms in total. The van der Waals surface area contributed by atoms with Crippen LogP contribution in [0.4, 0.5) is 10.1 Å². The summed E-state index contributed by atoms with van der Waals surface area (Å²) in [5.74, 6) is -1.21. The topological polar surface area (TPSA) is 75.3 Å². The van der Waals surface area contributed by atoms with Crippen molar-refractivity contribution in [2.45, 2.75) is 45.1 Å². The Kier molecular flexibility index (Phi) is 6.73. The lowest BCUT2D eigenvalue weighted by Crippen LogP contribution is -2.47. The summed E-state index contributed by atoms with van der Waals surface area (Å²) < 4.78 is 41.6. The summed E-state index contributed by atoms with van der Waals surface area (Å²) in [7, 11) is -3.87. The zero-order valence-electron chi connectivity index (χ0n) is 15.9. The average Bonchev–Trinajstić information content (AvgIpc) is 2.63. The second kappa shape index (κ2) is 8.63. The predicted octanol–water partition coefficient (Wildman–Crippen LogP) is 3.77. The number of sulfonamides is 1. The number of rotatable bonds is 7. The van der Waals surface area contributed by atoms with Gasteiger partial charge < -0.3 is 5.32 Å². The first-order valence-electron chi connectivity index (χ1n) is 8.80. The smallest absolute Gasteiger partial charge is 0.242 e. The molecule has 0 saturated carbocycles. The van der Waals surface area contributed by atoms with Gasteiger partial charge in [-0.1, -0.05) is 44.0 Å². The van der Waals surface area contributed by atoms with E-state index in [4.69, 9.17) is 0 Å². The van der Waals surface area contributed by atoms with Crippen molar-refractivity contribution >= 4 is 21.6 Å². The highest BCUT2D eigenvalue weighted by Crippen LogP contribution is 2.20. The molecule has 0 unspecified atom stereocenters. The maximum atomic E-state index is 13.7. The highest BCUT2D eigenvalue weighted by molar-refractivity contribution is 7.89. The molecule has 0 aliphatic heterocycles. The van der Waals surface area contributed by atoms with Crippen LogP contribution < -0.4 is 10.0 Å². The Hall–Kier alpha value is -2.25. The summed E-state index contributed by atoms with van der Waals surface area (Å²) in [6, 6.07) is 9.79. The second-order valence-electron chi connectivity index (χ2n) is 6.70. The first-order chi connectivity index (χ1) is 12.7. The lowest BCUT2D eigenvalue weighted by Gasteiger charge is -2.24. The van der Waals surface area contributed by atoms with E-state index >= 15 is 0 Å². The van der Waals surface area contributed by atoms with E-state index in [0.717, 1.165) is 5.56 Å². The average molecular weight is 392 g/mol. The molecule has 7 heteroatoms. The molecule has 0 radical (unpaired) electrons. The summed E-state index contributed by atoms with van der Waals surface area (Å²) in [6.45, 7) is 7.08. The lowest BCUT2D eigenvalue weighted by molar-refractivity contribution is -0.118. The van der Waals surface area contributed by atoms with E-state index in [1.165, 1.54) is 24.3 Å². The van der Waals surface area contributed by atoms with E-state index in [9.17, 15) is 17.6 Å². The van der Waals surface area contributed by atoms with Crippen LogP contribution in [0.15, 0.2) is 47.4 Å². The molecular weight excluding hydrogens is 367 g/mol. The van der Waals surface area contributed by atoms with Gasteiger partial charge in [0.2, 0.25) is 15.9 Å². The van der Waals surface area contributed by atoms with E-state index in [0.29, 0.717) is 17.7 Å². The Bertz CT molecular complexity index is 911. The molecule has 0 aliphatic carbocycles. The number of nitrogens with one attached hydrogen (secondary N) is 2. The monoisotopic (exact) mass is 392 g/mol. The molecule has 0 bridgehead atoms. The molecule has 27 heavy (non-hydrogen) atoms. The molecule has 0 saturated heterocycles. The van der Waals surface area contributed by atoms with Crippen molar-refractivity contribution in [3.05, 3.63) is 59.4 Å². The highest BCUT2D eigenvalue weighted by atomic mass is 32.2. The number of amides is 1. The number of carbonyl (C=O) groups excluding carboxylic acids is 1. The van der Waals surface area contributed by atoms with Crippen molar-refractivity contribution in [2.24, 2.45) is 5.92 Å². The number of hydrogen-bond acceptors (Lipinski definition) is 3. The lowest BCUT2D eigenvalue weighted by atomic mass is 9.99. The zero-order chi connectivity index (χ0) is 20.2. The molecular formula is C20H25FN2O3S. The Morgan fingerprint density at radius 2 is 1.74 bits per heavy atom. The van der Waals surface area contributed by atoms with Gasteiger partial charge in [0.1, 0.15) is 11.9 Å². The summed E-state index contributed by atoms with van der Waals surface area (Å²) in [5, 5.41) is 2.64. The van der Waals surface area contributed by atoms with Gasteiger partial charge in [0.15, 0.2) is 0 Å². The Labute approximate surface area is 160 Å². The number of benzene rings is 2. The van der Waals surface area contributed by atoms with Crippen molar-refractivity contribution < 1.29 is 17.6 Å². The summed E-state index contributed by atoms with van der Waals surface area (Å²) >= 11 is 0. The van der Waals surface area contributed by atoms with Gasteiger partial charge in [0.05, 0.1) is 4.90 Å². The molecule has 146 valence electrons. The third kappa shape index (κ3) is 5.14. The van der Waals surface area contributed by atoms with Crippen molar-refractivity contribution in [1.29, 1.82) is 0 Å². The fraction of sp³-hybridized carbons (Fsp3) is 0.350. The molecule has 0 spiro atoms. The van der Waals surface area contributed by atoms with E-state index in [-0.39, 0.29) is 10.8 Å². The van der Waals surface area contributed by atoms with E-state index in [1.54, 1.807) is 32.0 Å². The molecule has 2 N–H and O–H groups in total. The maximum Gasteiger partial charge on any atom is 0.242 e. The van der Waals surface area contributed by atoms with Gasteiger partial charge in [0.25, 0.3) is 0 Å². The van der Waals surface area contributed by atoms with E-state index in [2.05, 4.69) is 10.0 Å². The minimum absolute atomic E-state index is 0.0936. The fourth-order valence-corrected chi connectivity index (χ4v) is 3.87. The molecule has 2 aromatic carbocycles. The molecule has 2 atom stereocenters. The van der Waals surface area contributed by atoms with Crippen LogP contribution in [0.3, 0.4) is 0 Å². The van der Waals surface area contributed by atoms with Crippen LogP contribution >= 0.6 is 0 Å². The van der Waals surface area contributed by atoms with E-state index < -0.39 is 27.8 Å². The largest absolute Gasteiger partial charge is 0.324 e. The number of hydrogen-bond donors (Lipinski definition) is 2. The van der Waals surface area contributed by atoms with Crippen molar-refractivity contribution in [3.63, 3.8) is 0 Å². The van der Waals surface area contributed by atoms with Crippen LogP contribution in [0.5, 0.6) is 0 Å². The fourth-order valence-electron chi connectivity index (χ4n) is 2.57. The molecule has 1 amide bonds. The zero-order valence-corrected chi connectivity index (χ0v) is 16.7. The minimum Gasteiger partial charge on any atom is -0.324 e. The van der Waals surface area contributed by atoms with Crippen LogP contribution in [0.2, 0.25) is 0 Å². The molecule has 2 rings (SSSR count). The van der Waals surface area contributed by atoms with Gasteiger partial charge in [0, 0.05) is 11.3 Å². The van der Waals surface area contributed by atoms with Crippen LogP contribution in [-0.4, -0.2) is 20.4 Å². The number of halogens is 1. The third-order valence-corrected chi connectivity index (χ3v) is 6.09. The first-order valence-corrected chi connectivity index (χ1v) is 10.3. The molecule has 0 fully saturated rings. The Balaban J connectivity index is 2.28. The maximum absolute atomic E-state index is 13.7. The molecule has 0 aliphatic rings. The van der Waals surface area contributed by atoms with Gasteiger partial charge in [-0.05, 0) is 44.0 Å². The Morgan fingerprint density at radius 3 is 2.33 bits per heavy atom. The second-order valence-corrected chi connectivity index (χ2v) is 8.41.